The van der Waals surface area contributed by atoms with Gasteiger partial charge in [0.25, 0.3) is 0 Å². The second-order valence-corrected chi connectivity index (χ2v) is 8.82. The summed E-state index contributed by atoms with van der Waals surface area (Å²) in [6.07, 6.45) is 7.52. The third kappa shape index (κ3) is 4.60. The lowest BCUT2D eigenvalue weighted by molar-refractivity contribution is 0.00370. The highest BCUT2D eigenvalue weighted by atomic mass is 16.5. The highest BCUT2D eigenvalue weighted by Gasteiger charge is 2.33. The fraction of sp³-hybridized carbons (Fsp3) is 0.591. The minimum Gasteiger partial charge on any atom is -0.376 e. The van der Waals surface area contributed by atoms with E-state index >= 15 is 0 Å². The van der Waals surface area contributed by atoms with E-state index in [4.69, 9.17) is 4.74 Å². The second kappa shape index (κ2) is 8.02. The number of aryl methyl sites for hydroxylation is 1. The van der Waals surface area contributed by atoms with E-state index in [-0.39, 0.29) is 6.10 Å². The lowest BCUT2D eigenvalue weighted by Gasteiger charge is -2.44. The maximum Gasteiger partial charge on any atom is 0.131 e. The van der Waals surface area contributed by atoms with Crippen LogP contribution >= 0.6 is 0 Å². The predicted molar refractivity (Wildman–Crippen MR) is 109 cm³/mol. The molecule has 0 amide bonds. The van der Waals surface area contributed by atoms with Crippen LogP contribution in [0.25, 0.3) is 11.4 Å². The first-order chi connectivity index (χ1) is 13.5. The maximum atomic E-state index is 5.79. The van der Waals surface area contributed by atoms with Gasteiger partial charge in [0.2, 0.25) is 0 Å². The summed E-state index contributed by atoms with van der Waals surface area (Å²) in [4.78, 5) is 6.97. The number of pyridine rings is 1. The molecule has 2 aliphatic rings. The quantitative estimate of drug-likeness (QED) is 0.765. The van der Waals surface area contributed by atoms with Crippen molar-refractivity contribution in [2.45, 2.75) is 52.7 Å². The first-order valence-corrected chi connectivity index (χ1v) is 10.2. The zero-order valence-corrected chi connectivity index (χ0v) is 17.1. The fourth-order valence-corrected chi connectivity index (χ4v) is 4.10. The molecule has 0 spiro atoms. The SMILES string of the molecule is Cc1cc(C#CCN2CC(C)(C)C2)cnc1-c1cn(C[C@H]2CCCCO2)nn1. The van der Waals surface area contributed by atoms with E-state index in [1.807, 2.05) is 17.1 Å². The molecule has 148 valence electrons. The van der Waals surface area contributed by atoms with Crippen LogP contribution < -0.4 is 0 Å². The van der Waals surface area contributed by atoms with Crippen molar-refractivity contribution in [1.29, 1.82) is 0 Å². The van der Waals surface area contributed by atoms with Gasteiger partial charge in [-0.15, -0.1) is 5.10 Å². The lowest BCUT2D eigenvalue weighted by atomic mass is 9.84. The maximum absolute atomic E-state index is 5.79. The van der Waals surface area contributed by atoms with Crippen molar-refractivity contribution in [2.24, 2.45) is 5.41 Å². The van der Waals surface area contributed by atoms with Gasteiger partial charge in [0.1, 0.15) is 5.69 Å². The first-order valence-electron chi connectivity index (χ1n) is 10.2. The van der Waals surface area contributed by atoms with Crippen LogP contribution in [0.2, 0.25) is 0 Å². The molecule has 6 heteroatoms. The van der Waals surface area contributed by atoms with Crippen LogP contribution in [0, 0.1) is 24.2 Å². The Hall–Kier alpha value is -2.23. The van der Waals surface area contributed by atoms with Crippen LogP contribution in [0.5, 0.6) is 0 Å². The van der Waals surface area contributed by atoms with Crippen molar-refractivity contribution in [3.05, 3.63) is 29.6 Å². The molecule has 4 rings (SSSR count). The third-order valence-corrected chi connectivity index (χ3v) is 5.36. The number of likely N-dealkylation sites (tertiary alicyclic amines) is 1. The Morgan fingerprint density at radius 3 is 2.86 bits per heavy atom. The van der Waals surface area contributed by atoms with Gasteiger partial charge in [0.15, 0.2) is 0 Å². The summed E-state index contributed by atoms with van der Waals surface area (Å²) in [5, 5.41) is 8.57. The average Bonchev–Trinajstić information content (AvgIpc) is 3.09. The Labute approximate surface area is 167 Å². The van der Waals surface area contributed by atoms with Gasteiger partial charge in [-0.2, -0.15) is 0 Å². The topological polar surface area (TPSA) is 56.1 Å². The van der Waals surface area contributed by atoms with Gasteiger partial charge >= 0.3 is 0 Å². The van der Waals surface area contributed by atoms with Crippen molar-refractivity contribution >= 4 is 0 Å². The van der Waals surface area contributed by atoms with Crippen molar-refractivity contribution in [3.63, 3.8) is 0 Å². The van der Waals surface area contributed by atoms with Crippen LogP contribution in [0.4, 0.5) is 0 Å². The number of hydrogen-bond donors (Lipinski definition) is 0. The summed E-state index contributed by atoms with van der Waals surface area (Å²) in [7, 11) is 0. The van der Waals surface area contributed by atoms with Gasteiger partial charge in [-0.3, -0.25) is 9.88 Å². The van der Waals surface area contributed by atoms with Crippen molar-refractivity contribution in [1.82, 2.24) is 24.9 Å². The minimum atomic E-state index is 0.243. The average molecular weight is 380 g/mol. The summed E-state index contributed by atoms with van der Waals surface area (Å²) >= 11 is 0. The van der Waals surface area contributed by atoms with Crippen LogP contribution in [0.1, 0.15) is 44.2 Å². The summed E-state index contributed by atoms with van der Waals surface area (Å²) < 4.78 is 7.66. The van der Waals surface area contributed by atoms with Gasteiger partial charge < -0.3 is 4.74 Å². The molecule has 2 fully saturated rings. The Bertz CT molecular complexity index is 878. The van der Waals surface area contributed by atoms with E-state index in [0.29, 0.717) is 5.41 Å². The monoisotopic (exact) mass is 379 g/mol. The molecule has 0 radical (unpaired) electrons. The number of ether oxygens (including phenoxy) is 1. The van der Waals surface area contributed by atoms with Gasteiger partial charge in [0.05, 0.1) is 31.1 Å². The molecule has 0 unspecified atom stereocenters. The molecule has 2 aromatic heterocycles. The van der Waals surface area contributed by atoms with Gasteiger partial charge in [-0.05, 0) is 43.2 Å². The smallest absolute Gasteiger partial charge is 0.131 e. The molecule has 0 bridgehead atoms. The zero-order chi connectivity index (χ0) is 19.6. The third-order valence-electron chi connectivity index (χ3n) is 5.36. The molecular weight excluding hydrogens is 350 g/mol. The van der Waals surface area contributed by atoms with E-state index in [0.717, 1.165) is 68.1 Å². The minimum absolute atomic E-state index is 0.243. The predicted octanol–water partition coefficient (Wildman–Crippen LogP) is 2.91. The molecule has 0 aromatic carbocycles. The Morgan fingerprint density at radius 2 is 2.14 bits per heavy atom. The number of rotatable bonds is 4. The molecule has 0 N–H and O–H groups in total. The van der Waals surface area contributed by atoms with Crippen LogP contribution in [-0.2, 0) is 11.3 Å². The highest BCUT2D eigenvalue weighted by Crippen LogP contribution is 2.27. The van der Waals surface area contributed by atoms with Gasteiger partial charge in [0, 0.05) is 31.5 Å². The van der Waals surface area contributed by atoms with E-state index in [2.05, 4.69) is 58.9 Å². The summed E-state index contributed by atoms with van der Waals surface area (Å²) in [6, 6.07) is 2.08. The molecule has 2 aromatic rings. The van der Waals surface area contributed by atoms with Crippen molar-refractivity contribution < 1.29 is 4.74 Å². The van der Waals surface area contributed by atoms with E-state index in [1.54, 1.807) is 0 Å². The van der Waals surface area contributed by atoms with Crippen LogP contribution in [0.3, 0.4) is 0 Å². The number of nitrogens with zero attached hydrogens (tertiary/aromatic N) is 5. The first kappa shape index (κ1) is 19.1. The summed E-state index contributed by atoms with van der Waals surface area (Å²) in [5.74, 6) is 6.51. The van der Waals surface area contributed by atoms with Gasteiger partial charge in [-0.1, -0.05) is 30.9 Å². The molecule has 1 atom stereocenters. The molecule has 4 heterocycles. The molecule has 2 aliphatic heterocycles. The van der Waals surface area contributed by atoms with Crippen LogP contribution in [0.15, 0.2) is 18.5 Å². The zero-order valence-electron chi connectivity index (χ0n) is 17.1. The molecule has 0 aliphatic carbocycles. The standard InChI is InChI=1S/C22H29N5O/c1-17-11-18(7-6-9-26-15-22(2,3)16-26)12-23-21(17)20-14-27(25-24-20)13-19-8-4-5-10-28-19/h11-12,14,19H,4-5,8-10,13,15-16H2,1-3H3/t19-/m1/s1. The Morgan fingerprint density at radius 1 is 1.29 bits per heavy atom. The van der Waals surface area contributed by atoms with E-state index in [1.165, 1.54) is 6.42 Å². The molecular formula is C22H29N5O. The van der Waals surface area contributed by atoms with E-state index < -0.39 is 0 Å². The van der Waals surface area contributed by atoms with E-state index in [9.17, 15) is 0 Å². The Balaban J connectivity index is 1.38. The lowest BCUT2D eigenvalue weighted by Crippen LogP contribution is -2.52. The fourth-order valence-electron chi connectivity index (χ4n) is 4.10. The highest BCUT2D eigenvalue weighted by molar-refractivity contribution is 5.58. The Kier molecular flexibility index (Phi) is 5.47. The molecule has 0 saturated carbocycles. The summed E-state index contributed by atoms with van der Waals surface area (Å²) in [5.41, 5.74) is 4.13. The molecule has 2 saturated heterocycles. The van der Waals surface area contributed by atoms with Gasteiger partial charge in [-0.25, -0.2) is 4.68 Å². The second-order valence-electron chi connectivity index (χ2n) is 8.82. The van der Waals surface area contributed by atoms with Crippen molar-refractivity contribution in [2.75, 3.05) is 26.2 Å². The largest absolute Gasteiger partial charge is 0.376 e. The van der Waals surface area contributed by atoms with Crippen molar-refractivity contribution in [3.8, 4) is 23.2 Å². The normalized spacial score (nSPS) is 21.6. The number of aromatic nitrogens is 4. The summed E-state index contributed by atoms with van der Waals surface area (Å²) in [6.45, 7) is 11.3. The number of hydrogen-bond acceptors (Lipinski definition) is 5. The molecule has 6 nitrogen and oxygen atoms in total. The molecule has 28 heavy (non-hydrogen) atoms. The van der Waals surface area contributed by atoms with Crippen LogP contribution in [-0.4, -0.2) is 57.2 Å².